The number of unbranched alkanes of at least 4 members (excludes halogenated alkanes) is 2. The maximum atomic E-state index is 11.1. The van der Waals surface area contributed by atoms with Gasteiger partial charge in [0.2, 0.25) is 0 Å². The number of hydrogen-bond donors (Lipinski definition) is 5. The number of hydrogen-bond acceptors (Lipinski definition) is 4. The third kappa shape index (κ3) is 10.6. The normalized spacial score (nSPS) is 12.2. The Morgan fingerprint density at radius 3 is 1.77 bits per heavy atom. The van der Waals surface area contributed by atoms with Crippen LogP contribution in [0.3, 0.4) is 0 Å². The summed E-state index contributed by atoms with van der Waals surface area (Å²) in [5.41, 5.74) is 0. The fourth-order valence-electron chi connectivity index (χ4n) is 1.55. The summed E-state index contributed by atoms with van der Waals surface area (Å²) in [6.45, 7) is 2.64. The van der Waals surface area contributed by atoms with Crippen molar-refractivity contribution in [1.29, 1.82) is 0 Å². The quantitative estimate of drug-likeness (QED) is 0.138. The Morgan fingerprint density at radius 2 is 1.45 bits per heavy atom. The summed E-state index contributed by atoms with van der Waals surface area (Å²) < 4.78 is 22.2. The molecule has 0 atom stereocenters. The molecule has 0 unspecified atom stereocenters. The van der Waals surface area contributed by atoms with E-state index in [1.165, 1.54) is 0 Å². The second-order valence-electron chi connectivity index (χ2n) is 4.62. The SMILES string of the molecule is CCCCCN(C)CCC(O)(P(=O)(O)O)P(=O)(O)O.O.[H-].[H-].[H-].[Na+].[Sr+2]. The van der Waals surface area contributed by atoms with E-state index in [0.717, 1.165) is 19.3 Å². The van der Waals surface area contributed by atoms with Crippen LogP contribution in [0.2, 0.25) is 0 Å². The molecule has 130 valence electrons. The van der Waals surface area contributed by atoms with Crippen LogP contribution < -0.4 is 29.6 Å². The van der Waals surface area contributed by atoms with Gasteiger partial charge >= 0.3 is 90.2 Å². The van der Waals surface area contributed by atoms with Crippen molar-refractivity contribution in [3.05, 3.63) is 0 Å². The molecule has 22 heavy (non-hydrogen) atoms. The summed E-state index contributed by atoms with van der Waals surface area (Å²) in [5, 5.41) is 6.35. The molecule has 0 aliphatic carbocycles. The first kappa shape index (κ1) is 32.3. The Bertz CT molecular complexity index is 368. The topological polar surface area (TPSA) is 170 Å². The van der Waals surface area contributed by atoms with Crippen molar-refractivity contribution in [3.8, 4) is 0 Å². The maximum absolute atomic E-state index is 11.1. The fraction of sp³-hybridized carbons (Fsp3) is 1.00. The van der Waals surface area contributed by atoms with E-state index < -0.39 is 26.7 Å². The van der Waals surface area contributed by atoms with Crippen LogP contribution in [0.5, 0.6) is 0 Å². The van der Waals surface area contributed by atoms with Crippen LogP contribution in [-0.2, 0) is 9.13 Å². The maximum Gasteiger partial charge on any atom is 2.00 e. The van der Waals surface area contributed by atoms with Crippen LogP contribution in [-0.4, -0.2) is 106 Å². The third-order valence-corrected chi connectivity index (χ3v) is 6.78. The summed E-state index contributed by atoms with van der Waals surface area (Å²) in [7, 11) is -9.00. The van der Waals surface area contributed by atoms with Gasteiger partial charge in [0.15, 0.2) is 0 Å². The minimum absolute atomic E-state index is 0. The van der Waals surface area contributed by atoms with Gasteiger partial charge in [0.25, 0.3) is 5.08 Å². The van der Waals surface area contributed by atoms with E-state index in [9.17, 15) is 14.2 Å². The van der Waals surface area contributed by atoms with Crippen molar-refractivity contribution in [3.63, 3.8) is 0 Å². The molecule has 0 spiro atoms. The zero-order valence-electron chi connectivity index (χ0n) is 16.3. The summed E-state index contributed by atoms with van der Waals surface area (Å²) >= 11 is 0. The molecule has 0 saturated carbocycles. The van der Waals surface area contributed by atoms with E-state index in [0.29, 0.717) is 6.54 Å². The molecule has 0 radical (unpaired) electrons. The molecule has 0 aromatic heterocycles. The minimum atomic E-state index is -5.33. The average molecular weight is 451 g/mol. The van der Waals surface area contributed by atoms with E-state index in [-0.39, 0.29) is 91.3 Å². The molecule has 9 nitrogen and oxygen atoms in total. The van der Waals surface area contributed by atoms with Crippen LogP contribution >= 0.6 is 15.2 Å². The van der Waals surface area contributed by atoms with Gasteiger partial charge in [-0.05, 0) is 20.0 Å². The van der Waals surface area contributed by atoms with Crippen molar-refractivity contribution >= 4 is 60.7 Å². The van der Waals surface area contributed by atoms with Gasteiger partial charge in [-0.2, -0.15) is 0 Å². The van der Waals surface area contributed by atoms with Crippen LogP contribution in [0, 0.1) is 0 Å². The Labute approximate surface area is 194 Å². The zero-order chi connectivity index (χ0) is 15.3. The van der Waals surface area contributed by atoms with Gasteiger partial charge in [-0.1, -0.05) is 19.8 Å². The van der Waals surface area contributed by atoms with Crippen molar-refractivity contribution < 1.29 is 73.1 Å². The van der Waals surface area contributed by atoms with E-state index in [1.54, 1.807) is 11.9 Å². The molecule has 0 saturated heterocycles. The Morgan fingerprint density at radius 1 is 1.05 bits per heavy atom. The molecule has 0 aromatic carbocycles. The molecular weight excluding hydrogens is 423 g/mol. The zero-order valence-corrected chi connectivity index (χ0v) is 20.6. The Hall–Kier alpha value is 2.66. The van der Waals surface area contributed by atoms with Crippen molar-refractivity contribution in [2.75, 3.05) is 20.1 Å². The molecule has 0 aliphatic heterocycles. The predicted molar refractivity (Wildman–Crippen MR) is 83.4 cm³/mol. The predicted octanol–water partition coefficient (Wildman–Crippen LogP) is -3.36. The van der Waals surface area contributed by atoms with Gasteiger partial charge in [0.05, 0.1) is 0 Å². The second kappa shape index (κ2) is 13.8. The van der Waals surface area contributed by atoms with Crippen molar-refractivity contribution in [2.45, 2.75) is 37.7 Å². The molecule has 0 amide bonds. The van der Waals surface area contributed by atoms with E-state index in [2.05, 4.69) is 0 Å². The van der Waals surface area contributed by atoms with Crippen LogP contribution in [0.15, 0.2) is 0 Å². The van der Waals surface area contributed by atoms with Crippen LogP contribution in [0.25, 0.3) is 0 Å². The van der Waals surface area contributed by atoms with Gasteiger partial charge in [-0.3, -0.25) is 9.13 Å². The molecular formula is C9H28NNaO8P2Sr. The average Bonchev–Trinajstić information content (AvgIpc) is 2.23. The number of rotatable bonds is 9. The van der Waals surface area contributed by atoms with E-state index >= 15 is 0 Å². The smallest absolute Gasteiger partial charge is 1.00 e. The first-order valence-electron chi connectivity index (χ1n) is 5.98. The molecule has 0 rings (SSSR count). The Kier molecular flexibility index (Phi) is 20.3. The largest absolute Gasteiger partial charge is 2.00 e. The van der Waals surface area contributed by atoms with Crippen LogP contribution in [0.1, 0.15) is 36.9 Å². The molecule has 0 bridgehead atoms. The van der Waals surface area contributed by atoms with Crippen LogP contribution in [0.4, 0.5) is 0 Å². The third-order valence-electron chi connectivity index (χ3n) is 2.91. The van der Waals surface area contributed by atoms with Gasteiger partial charge in [-0.25, -0.2) is 0 Å². The van der Waals surface area contributed by atoms with Gasteiger partial charge in [-0.15, -0.1) is 0 Å². The molecule has 13 heteroatoms. The first-order chi connectivity index (χ1) is 8.45. The van der Waals surface area contributed by atoms with E-state index in [1.807, 2.05) is 6.92 Å². The fourth-order valence-corrected chi connectivity index (χ4v) is 3.69. The standard InChI is InChI=1S/C9H23NO7P2.Na.H2O.Sr.3H/c1-3-4-5-7-10(2)8-6-9(11,18(12,13)14)19(15,16)17;;;;;;/h11H,3-8H2,1-2H3,(H2,12,13,14)(H2,15,16,17);;1H2;;;;/q;+1;;+2;3*-1. The molecule has 0 aliphatic rings. The van der Waals surface area contributed by atoms with Gasteiger partial charge in [0, 0.05) is 13.0 Å². The van der Waals surface area contributed by atoms with Crippen molar-refractivity contribution in [1.82, 2.24) is 4.90 Å². The molecule has 7 N–H and O–H groups in total. The van der Waals surface area contributed by atoms with Gasteiger partial charge < -0.3 is 39.3 Å². The summed E-state index contributed by atoms with van der Waals surface area (Å²) in [6, 6.07) is 0. The van der Waals surface area contributed by atoms with Crippen molar-refractivity contribution in [2.24, 2.45) is 0 Å². The molecule has 0 aromatic rings. The summed E-state index contributed by atoms with van der Waals surface area (Å²) in [6.07, 6.45) is 2.19. The second-order valence-corrected chi connectivity index (χ2v) is 8.63. The Balaban J connectivity index is -0.000000108. The number of aliphatic hydroxyl groups is 1. The summed E-state index contributed by atoms with van der Waals surface area (Å²) in [5.74, 6) is 0. The first-order valence-corrected chi connectivity index (χ1v) is 9.20. The molecule has 0 heterocycles. The summed E-state index contributed by atoms with van der Waals surface area (Å²) in [4.78, 5) is 37.5. The number of nitrogens with zero attached hydrogens (tertiary/aromatic N) is 1. The van der Waals surface area contributed by atoms with Gasteiger partial charge in [0.1, 0.15) is 0 Å². The van der Waals surface area contributed by atoms with E-state index in [4.69, 9.17) is 19.6 Å². The minimum Gasteiger partial charge on any atom is -1.00 e. The molecule has 0 fully saturated rings. The monoisotopic (exact) mass is 451 g/mol.